The number of fused-ring (bicyclic) bond motifs is 3. The maximum atomic E-state index is 5.84. The Morgan fingerprint density at radius 3 is 3.03 bits per heavy atom. The number of piperazine rings is 1. The second-order valence-electron chi connectivity index (χ2n) is 10.00. The number of aromatic nitrogens is 4. The fraction of sp³-hybridized carbons (Fsp3) is 0.393. The molecule has 0 amide bonds. The highest BCUT2D eigenvalue weighted by atomic mass is 16.5. The van der Waals surface area contributed by atoms with Gasteiger partial charge in [-0.05, 0) is 31.0 Å². The van der Waals surface area contributed by atoms with Gasteiger partial charge in [-0.15, -0.1) is 0 Å². The van der Waals surface area contributed by atoms with Crippen molar-refractivity contribution in [2.75, 3.05) is 63.3 Å². The lowest BCUT2D eigenvalue weighted by Crippen LogP contribution is -2.58. The van der Waals surface area contributed by atoms with Crippen molar-refractivity contribution in [2.24, 2.45) is 0 Å². The van der Waals surface area contributed by atoms with E-state index < -0.39 is 0 Å². The molecule has 3 aliphatic rings. The zero-order valence-electron chi connectivity index (χ0n) is 21.5. The minimum absolute atomic E-state index is 0.422. The van der Waals surface area contributed by atoms with E-state index in [1.165, 1.54) is 0 Å². The third-order valence-electron chi connectivity index (χ3n) is 7.65. The van der Waals surface area contributed by atoms with Crippen LogP contribution in [0, 0.1) is 0 Å². The van der Waals surface area contributed by atoms with Gasteiger partial charge in [0.25, 0.3) is 0 Å². The molecule has 10 nitrogen and oxygen atoms in total. The number of pyridine rings is 1. The fourth-order valence-electron chi connectivity index (χ4n) is 5.65. The normalized spacial score (nSPS) is 19.5. The van der Waals surface area contributed by atoms with Crippen LogP contribution in [0.2, 0.25) is 0 Å². The molecule has 1 aromatic carbocycles. The molecule has 0 radical (unpaired) electrons. The Labute approximate surface area is 221 Å². The molecule has 2 fully saturated rings. The molecule has 1 N–H and O–H groups in total. The summed E-state index contributed by atoms with van der Waals surface area (Å²) in [5.41, 5.74) is 5.62. The molecular formula is C28H31N7O3. The number of hydrogen-bond donors (Lipinski definition) is 1. The van der Waals surface area contributed by atoms with Gasteiger partial charge in [-0.2, -0.15) is 0 Å². The average Bonchev–Trinajstić information content (AvgIpc) is 3.46. The zero-order valence-corrected chi connectivity index (χ0v) is 21.5. The molecule has 0 saturated carbocycles. The van der Waals surface area contributed by atoms with Gasteiger partial charge in [0.2, 0.25) is 5.88 Å². The smallest absolute Gasteiger partial charge is 0.216 e. The van der Waals surface area contributed by atoms with Crippen molar-refractivity contribution >= 4 is 22.8 Å². The lowest BCUT2D eigenvalue weighted by Gasteiger charge is -2.44. The summed E-state index contributed by atoms with van der Waals surface area (Å²) in [4.78, 5) is 19.0. The van der Waals surface area contributed by atoms with E-state index in [0.29, 0.717) is 11.9 Å². The van der Waals surface area contributed by atoms with Crippen LogP contribution in [0.1, 0.15) is 12.0 Å². The van der Waals surface area contributed by atoms with Gasteiger partial charge in [0.05, 0.1) is 44.4 Å². The van der Waals surface area contributed by atoms with Crippen molar-refractivity contribution in [3.63, 3.8) is 0 Å². The molecule has 3 aromatic heterocycles. The summed E-state index contributed by atoms with van der Waals surface area (Å²) in [5, 5.41) is 3.49. The molecule has 1 atom stereocenters. The second-order valence-corrected chi connectivity index (χ2v) is 10.00. The van der Waals surface area contributed by atoms with E-state index in [9.17, 15) is 0 Å². The van der Waals surface area contributed by atoms with E-state index in [4.69, 9.17) is 19.2 Å². The summed E-state index contributed by atoms with van der Waals surface area (Å²) in [5.74, 6) is 2.23. The van der Waals surface area contributed by atoms with E-state index >= 15 is 0 Å². The fourth-order valence-corrected chi connectivity index (χ4v) is 5.65. The summed E-state index contributed by atoms with van der Waals surface area (Å²) >= 11 is 0. The standard InChI is InChI=1S/C28H31N7O3/c1-36-25-14-21(4-5-24(25)34-9-8-33-10-12-37-18-22(33)16-34)31-26-27-29-6-7-35(27)17-23(32-26)20-13-19-3-2-11-38-28(19)30-15-20/h4-7,13-15,17,22H,2-3,8-12,16,18H2,1H3,(H,31,32). The number of imidazole rings is 1. The average molecular weight is 514 g/mol. The lowest BCUT2D eigenvalue weighted by atomic mass is 10.1. The first-order valence-electron chi connectivity index (χ1n) is 13.2. The van der Waals surface area contributed by atoms with Crippen molar-refractivity contribution in [2.45, 2.75) is 18.9 Å². The maximum absolute atomic E-state index is 5.84. The first kappa shape index (κ1) is 23.2. The number of morpholine rings is 1. The van der Waals surface area contributed by atoms with Gasteiger partial charge in [-0.1, -0.05) is 0 Å². The molecule has 1 unspecified atom stereocenters. The van der Waals surface area contributed by atoms with Crippen molar-refractivity contribution in [1.29, 1.82) is 0 Å². The Hall–Kier alpha value is -3.89. The number of hydrogen-bond acceptors (Lipinski definition) is 9. The van der Waals surface area contributed by atoms with Gasteiger partial charge in [0.15, 0.2) is 11.5 Å². The Bertz CT molecular complexity index is 1470. The number of nitrogens with one attached hydrogen (secondary N) is 1. The van der Waals surface area contributed by atoms with Crippen LogP contribution >= 0.6 is 0 Å². The van der Waals surface area contributed by atoms with Crippen molar-refractivity contribution in [1.82, 2.24) is 24.3 Å². The number of methoxy groups -OCH3 is 1. The van der Waals surface area contributed by atoms with Crippen LogP contribution in [0.15, 0.2) is 49.1 Å². The topological polar surface area (TPSA) is 89.3 Å². The molecule has 0 spiro atoms. The summed E-state index contributed by atoms with van der Waals surface area (Å²) < 4.78 is 19.2. The van der Waals surface area contributed by atoms with Crippen LogP contribution in [-0.2, 0) is 11.2 Å². The number of aryl methyl sites for hydroxylation is 1. The molecule has 4 aromatic rings. The summed E-state index contributed by atoms with van der Waals surface area (Å²) in [6.07, 6.45) is 9.49. The molecular weight excluding hydrogens is 482 g/mol. The number of rotatable bonds is 5. The first-order valence-corrected chi connectivity index (χ1v) is 13.2. The monoisotopic (exact) mass is 513 g/mol. The second kappa shape index (κ2) is 9.77. The van der Waals surface area contributed by atoms with Crippen LogP contribution in [0.3, 0.4) is 0 Å². The van der Waals surface area contributed by atoms with Crippen LogP contribution in [-0.4, -0.2) is 83.4 Å². The highest BCUT2D eigenvalue weighted by Gasteiger charge is 2.30. The minimum atomic E-state index is 0.422. The largest absolute Gasteiger partial charge is 0.495 e. The van der Waals surface area contributed by atoms with Gasteiger partial charge in [0, 0.05) is 73.8 Å². The van der Waals surface area contributed by atoms with Gasteiger partial charge in [0.1, 0.15) is 5.75 Å². The quantitative estimate of drug-likeness (QED) is 0.431. The predicted molar refractivity (Wildman–Crippen MR) is 145 cm³/mol. The van der Waals surface area contributed by atoms with Crippen molar-refractivity contribution in [3.8, 4) is 22.9 Å². The third kappa shape index (κ3) is 4.29. The molecule has 7 rings (SSSR count). The first-order chi connectivity index (χ1) is 18.7. The molecule has 10 heteroatoms. The van der Waals surface area contributed by atoms with E-state index in [2.05, 4.69) is 43.3 Å². The zero-order chi connectivity index (χ0) is 25.5. The number of benzene rings is 1. The predicted octanol–water partition coefficient (Wildman–Crippen LogP) is 3.39. The summed E-state index contributed by atoms with van der Waals surface area (Å²) in [6, 6.07) is 8.79. The minimum Gasteiger partial charge on any atom is -0.495 e. The molecule has 2 saturated heterocycles. The summed E-state index contributed by atoms with van der Waals surface area (Å²) in [6.45, 7) is 6.29. The van der Waals surface area contributed by atoms with E-state index in [0.717, 1.165) is 104 Å². The molecule has 3 aliphatic heterocycles. The SMILES string of the molecule is COc1cc(Nc2nc(-c3cnc4c(c3)CCCO4)cn3ccnc23)ccc1N1CCN2CCOCC2C1. The third-order valence-corrected chi connectivity index (χ3v) is 7.65. The van der Waals surface area contributed by atoms with Gasteiger partial charge in [-0.3, -0.25) is 4.90 Å². The number of ether oxygens (including phenoxy) is 3. The Morgan fingerprint density at radius 2 is 2.08 bits per heavy atom. The maximum Gasteiger partial charge on any atom is 0.216 e. The van der Waals surface area contributed by atoms with Crippen LogP contribution in [0.4, 0.5) is 17.2 Å². The Kier molecular flexibility index (Phi) is 5.98. The van der Waals surface area contributed by atoms with Gasteiger partial charge < -0.3 is 28.8 Å². The Balaban J connectivity index is 1.18. The molecule has 6 heterocycles. The highest BCUT2D eigenvalue weighted by Crippen LogP contribution is 2.35. The molecule has 196 valence electrons. The van der Waals surface area contributed by atoms with Crippen LogP contribution in [0.5, 0.6) is 11.6 Å². The van der Waals surface area contributed by atoms with Crippen LogP contribution in [0.25, 0.3) is 16.9 Å². The molecule has 0 aliphatic carbocycles. The van der Waals surface area contributed by atoms with Gasteiger partial charge >= 0.3 is 0 Å². The highest BCUT2D eigenvalue weighted by molar-refractivity contribution is 5.76. The summed E-state index contributed by atoms with van der Waals surface area (Å²) in [7, 11) is 1.72. The number of nitrogens with zero attached hydrogens (tertiary/aromatic N) is 6. The number of anilines is 3. The van der Waals surface area contributed by atoms with E-state index in [1.807, 2.05) is 29.1 Å². The van der Waals surface area contributed by atoms with E-state index in [1.54, 1.807) is 13.3 Å². The van der Waals surface area contributed by atoms with Crippen LogP contribution < -0.4 is 19.7 Å². The molecule has 38 heavy (non-hydrogen) atoms. The van der Waals surface area contributed by atoms with Crippen molar-refractivity contribution in [3.05, 3.63) is 54.6 Å². The van der Waals surface area contributed by atoms with Crippen molar-refractivity contribution < 1.29 is 14.2 Å². The molecule has 0 bridgehead atoms. The Morgan fingerprint density at radius 1 is 1.11 bits per heavy atom. The van der Waals surface area contributed by atoms with Gasteiger partial charge in [-0.25, -0.2) is 15.0 Å². The van der Waals surface area contributed by atoms with E-state index in [-0.39, 0.29) is 0 Å². The lowest BCUT2D eigenvalue weighted by molar-refractivity contribution is -0.0117.